The number of hydrogen-bond donors (Lipinski definition) is 3. The first kappa shape index (κ1) is 12.4. The molecular weight excluding hydrogens is 170 g/mol. The molecule has 0 aromatic carbocycles. The van der Waals surface area contributed by atoms with Gasteiger partial charge in [0.1, 0.15) is 6.04 Å². The van der Waals surface area contributed by atoms with Crippen molar-refractivity contribution in [2.45, 2.75) is 38.6 Å². The van der Waals surface area contributed by atoms with Gasteiger partial charge in [0, 0.05) is 6.61 Å². The monoisotopic (exact) mass is 189 g/mol. The average molecular weight is 189 g/mol. The molecule has 0 aliphatic heterocycles. The highest BCUT2D eigenvalue weighted by Crippen LogP contribution is 1.95. The van der Waals surface area contributed by atoms with Gasteiger partial charge in [0.25, 0.3) is 0 Å². The van der Waals surface area contributed by atoms with Crippen molar-refractivity contribution < 1.29 is 15.0 Å². The number of aliphatic hydroxyl groups is 1. The molecule has 0 aromatic heterocycles. The number of aliphatic hydroxyl groups excluding tert-OH is 1. The van der Waals surface area contributed by atoms with Crippen LogP contribution in [0.2, 0.25) is 0 Å². The minimum absolute atomic E-state index is 0.218. The Kier molecular flexibility index (Phi) is 7.63. The molecule has 3 N–H and O–H groups in total. The van der Waals surface area contributed by atoms with Gasteiger partial charge in [-0.05, 0) is 32.2 Å². The van der Waals surface area contributed by atoms with Crippen molar-refractivity contribution >= 4 is 5.97 Å². The molecule has 0 fully saturated rings. The third kappa shape index (κ3) is 6.54. The molecule has 1 unspecified atom stereocenters. The summed E-state index contributed by atoms with van der Waals surface area (Å²) in [5, 5.41) is 20.1. The molecule has 0 aromatic rings. The highest BCUT2D eigenvalue weighted by atomic mass is 16.4. The Morgan fingerprint density at radius 3 is 2.54 bits per heavy atom. The summed E-state index contributed by atoms with van der Waals surface area (Å²) in [6.45, 7) is 2.78. The van der Waals surface area contributed by atoms with Crippen LogP contribution in [0.5, 0.6) is 0 Å². The Morgan fingerprint density at radius 2 is 2.08 bits per heavy atom. The number of carboxylic acid groups (broad SMARTS) is 1. The second kappa shape index (κ2) is 8.01. The first-order valence-corrected chi connectivity index (χ1v) is 4.79. The molecule has 0 saturated carbocycles. The lowest BCUT2D eigenvalue weighted by Gasteiger charge is -2.11. The van der Waals surface area contributed by atoms with E-state index >= 15 is 0 Å². The molecule has 0 heterocycles. The fraction of sp³-hybridized carbons (Fsp3) is 0.889. The molecule has 0 amide bonds. The maximum Gasteiger partial charge on any atom is 0.320 e. The van der Waals surface area contributed by atoms with Crippen molar-refractivity contribution in [3.63, 3.8) is 0 Å². The fourth-order valence-corrected chi connectivity index (χ4v) is 1.10. The van der Waals surface area contributed by atoms with Crippen LogP contribution < -0.4 is 5.32 Å². The van der Waals surface area contributed by atoms with Crippen LogP contribution in [0.1, 0.15) is 32.6 Å². The van der Waals surface area contributed by atoms with Crippen molar-refractivity contribution in [1.82, 2.24) is 5.32 Å². The Balaban J connectivity index is 3.33. The number of hydrogen-bond acceptors (Lipinski definition) is 3. The van der Waals surface area contributed by atoms with Gasteiger partial charge in [-0.3, -0.25) is 4.79 Å². The lowest BCUT2D eigenvalue weighted by Crippen LogP contribution is -2.36. The fourth-order valence-electron chi connectivity index (χ4n) is 1.10. The van der Waals surface area contributed by atoms with Gasteiger partial charge in [-0.2, -0.15) is 0 Å². The summed E-state index contributed by atoms with van der Waals surface area (Å²) in [4.78, 5) is 10.5. The molecule has 0 spiro atoms. The van der Waals surface area contributed by atoms with Gasteiger partial charge in [-0.15, -0.1) is 0 Å². The number of carboxylic acids is 1. The highest BCUT2D eigenvalue weighted by molar-refractivity contribution is 5.73. The predicted octanol–water partition coefficient (Wildman–Crippen LogP) is 0.602. The van der Waals surface area contributed by atoms with E-state index in [0.29, 0.717) is 13.0 Å². The number of nitrogens with one attached hydrogen (secondary N) is 1. The second-order valence-corrected chi connectivity index (χ2v) is 3.04. The molecule has 0 aliphatic carbocycles. The maximum absolute atomic E-state index is 10.5. The molecule has 1 atom stereocenters. The van der Waals surface area contributed by atoms with Crippen LogP contribution in [0, 0.1) is 0 Å². The molecule has 78 valence electrons. The quantitative estimate of drug-likeness (QED) is 0.489. The Labute approximate surface area is 79.0 Å². The topological polar surface area (TPSA) is 69.6 Å². The second-order valence-electron chi connectivity index (χ2n) is 3.04. The zero-order chi connectivity index (χ0) is 10.1. The van der Waals surface area contributed by atoms with Gasteiger partial charge in [0.05, 0.1) is 0 Å². The Morgan fingerprint density at radius 1 is 1.38 bits per heavy atom. The van der Waals surface area contributed by atoms with Crippen LogP contribution in [0.15, 0.2) is 0 Å². The van der Waals surface area contributed by atoms with Crippen LogP contribution in [0.3, 0.4) is 0 Å². The number of aliphatic carboxylic acids is 1. The van der Waals surface area contributed by atoms with E-state index in [4.69, 9.17) is 10.2 Å². The summed E-state index contributed by atoms with van der Waals surface area (Å²) in [6, 6.07) is -0.422. The Hall–Kier alpha value is -0.610. The van der Waals surface area contributed by atoms with E-state index in [0.717, 1.165) is 19.3 Å². The van der Waals surface area contributed by atoms with Crippen molar-refractivity contribution in [2.24, 2.45) is 0 Å². The largest absolute Gasteiger partial charge is 0.480 e. The normalized spacial score (nSPS) is 12.8. The molecule has 4 heteroatoms. The van der Waals surface area contributed by atoms with E-state index in [2.05, 4.69) is 5.32 Å². The molecule has 13 heavy (non-hydrogen) atoms. The third-order valence-electron chi connectivity index (χ3n) is 1.93. The van der Waals surface area contributed by atoms with Crippen LogP contribution in [0.25, 0.3) is 0 Å². The van der Waals surface area contributed by atoms with Gasteiger partial charge in [0.15, 0.2) is 0 Å². The number of unbranched alkanes of at least 4 members (excludes halogenated alkanes) is 2. The van der Waals surface area contributed by atoms with Crippen LogP contribution in [-0.2, 0) is 4.79 Å². The molecule has 0 rings (SSSR count). The zero-order valence-electron chi connectivity index (χ0n) is 8.12. The minimum atomic E-state index is -0.787. The SMILES string of the molecule is CCC(NCCCCCO)C(=O)O. The van der Waals surface area contributed by atoms with Crippen molar-refractivity contribution in [2.75, 3.05) is 13.2 Å². The van der Waals surface area contributed by atoms with Crippen molar-refractivity contribution in [3.8, 4) is 0 Å². The van der Waals surface area contributed by atoms with Gasteiger partial charge in [-0.1, -0.05) is 6.92 Å². The molecular formula is C9H19NO3. The third-order valence-corrected chi connectivity index (χ3v) is 1.93. The van der Waals surface area contributed by atoms with E-state index in [-0.39, 0.29) is 6.61 Å². The summed E-state index contributed by atoms with van der Waals surface area (Å²) in [7, 11) is 0. The molecule has 0 bridgehead atoms. The average Bonchev–Trinajstić information content (AvgIpc) is 2.10. The van der Waals surface area contributed by atoms with Gasteiger partial charge >= 0.3 is 5.97 Å². The number of rotatable bonds is 8. The Bertz CT molecular complexity index is 139. The molecule has 0 aliphatic rings. The van der Waals surface area contributed by atoms with Gasteiger partial charge < -0.3 is 15.5 Å². The van der Waals surface area contributed by atoms with Crippen LogP contribution in [-0.4, -0.2) is 35.4 Å². The van der Waals surface area contributed by atoms with Crippen molar-refractivity contribution in [1.29, 1.82) is 0 Å². The summed E-state index contributed by atoms with van der Waals surface area (Å²) in [6.07, 6.45) is 3.27. The van der Waals surface area contributed by atoms with E-state index in [1.165, 1.54) is 0 Å². The lowest BCUT2D eigenvalue weighted by molar-refractivity contribution is -0.139. The first-order valence-electron chi connectivity index (χ1n) is 4.79. The summed E-state index contributed by atoms with van der Waals surface area (Å²) < 4.78 is 0. The summed E-state index contributed by atoms with van der Waals surface area (Å²) in [5.74, 6) is -0.787. The summed E-state index contributed by atoms with van der Waals surface area (Å²) in [5.41, 5.74) is 0. The summed E-state index contributed by atoms with van der Waals surface area (Å²) >= 11 is 0. The van der Waals surface area contributed by atoms with Crippen molar-refractivity contribution in [3.05, 3.63) is 0 Å². The lowest BCUT2D eigenvalue weighted by atomic mass is 10.2. The van der Waals surface area contributed by atoms with E-state index < -0.39 is 12.0 Å². The molecule has 4 nitrogen and oxygen atoms in total. The standard InChI is InChI=1S/C9H19NO3/c1-2-8(9(12)13)10-6-4-3-5-7-11/h8,10-11H,2-7H2,1H3,(H,12,13). The van der Waals surface area contributed by atoms with E-state index in [9.17, 15) is 4.79 Å². The smallest absolute Gasteiger partial charge is 0.320 e. The van der Waals surface area contributed by atoms with Crippen LogP contribution >= 0.6 is 0 Å². The van der Waals surface area contributed by atoms with E-state index in [1.807, 2.05) is 6.92 Å². The van der Waals surface area contributed by atoms with E-state index in [1.54, 1.807) is 0 Å². The van der Waals surface area contributed by atoms with Gasteiger partial charge in [0.2, 0.25) is 0 Å². The number of carbonyl (C=O) groups is 1. The minimum Gasteiger partial charge on any atom is -0.480 e. The molecule has 0 radical (unpaired) electrons. The zero-order valence-corrected chi connectivity index (χ0v) is 8.12. The predicted molar refractivity (Wildman–Crippen MR) is 50.7 cm³/mol. The first-order chi connectivity index (χ1) is 6.22. The molecule has 0 saturated heterocycles. The van der Waals surface area contributed by atoms with Gasteiger partial charge in [-0.25, -0.2) is 0 Å². The maximum atomic E-state index is 10.5. The highest BCUT2D eigenvalue weighted by Gasteiger charge is 2.12. The van der Waals surface area contributed by atoms with Crippen LogP contribution in [0.4, 0.5) is 0 Å².